The Morgan fingerprint density at radius 3 is 2.48 bits per heavy atom. The summed E-state index contributed by atoms with van der Waals surface area (Å²) in [6.07, 6.45) is 6.25. The van der Waals surface area contributed by atoms with E-state index in [9.17, 15) is 13.2 Å². The van der Waals surface area contributed by atoms with Gasteiger partial charge in [-0.2, -0.15) is 0 Å². The highest BCUT2D eigenvalue weighted by molar-refractivity contribution is 7.88. The lowest BCUT2D eigenvalue weighted by molar-refractivity contribution is -0.127. The molecule has 4 rings (SSSR count). The molecule has 0 unspecified atom stereocenters. The number of nitrogens with one attached hydrogen (secondary N) is 1. The number of amides is 1. The van der Waals surface area contributed by atoms with E-state index >= 15 is 0 Å². The number of hydrogen-bond acceptors (Lipinski definition) is 3. The lowest BCUT2D eigenvalue weighted by Crippen LogP contribution is -2.46. The second-order valence-corrected chi connectivity index (χ2v) is 10.6. The molecule has 0 spiro atoms. The molecule has 1 heterocycles. The molecule has 2 saturated carbocycles. The third kappa shape index (κ3) is 4.06. The Labute approximate surface area is 162 Å². The Morgan fingerprint density at radius 1 is 1.11 bits per heavy atom. The van der Waals surface area contributed by atoms with Gasteiger partial charge in [0.2, 0.25) is 15.9 Å². The number of piperidine rings is 1. The lowest BCUT2D eigenvalue weighted by Gasteiger charge is -2.32. The summed E-state index contributed by atoms with van der Waals surface area (Å²) in [6, 6.07) is 7.98. The summed E-state index contributed by atoms with van der Waals surface area (Å²) in [6.45, 7) is 2.84. The van der Waals surface area contributed by atoms with Crippen molar-refractivity contribution < 1.29 is 13.2 Å². The van der Waals surface area contributed by atoms with E-state index in [1.165, 1.54) is 19.3 Å². The van der Waals surface area contributed by atoms with Gasteiger partial charge in [-0.15, -0.1) is 0 Å². The van der Waals surface area contributed by atoms with Crippen LogP contribution in [0.1, 0.15) is 49.7 Å². The van der Waals surface area contributed by atoms with Gasteiger partial charge in [0.15, 0.2) is 0 Å². The maximum Gasteiger partial charge on any atom is 0.223 e. The summed E-state index contributed by atoms with van der Waals surface area (Å²) in [5.74, 6) is 1.63. The maximum atomic E-state index is 12.8. The molecule has 1 saturated heterocycles. The summed E-state index contributed by atoms with van der Waals surface area (Å²) < 4.78 is 27.1. The van der Waals surface area contributed by atoms with Crippen molar-refractivity contribution in [1.82, 2.24) is 9.62 Å². The minimum absolute atomic E-state index is 0.0433. The highest BCUT2D eigenvalue weighted by atomic mass is 32.2. The summed E-state index contributed by atoms with van der Waals surface area (Å²) in [4.78, 5) is 12.6. The lowest BCUT2D eigenvalue weighted by atomic mass is 9.93. The van der Waals surface area contributed by atoms with Gasteiger partial charge in [0, 0.05) is 25.0 Å². The first-order valence-corrected chi connectivity index (χ1v) is 11.9. The number of rotatable bonds is 5. The number of benzene rings is 1. The third-order valence-corrected chi connectivity index (χ3v) is 8.71. The van der Waals surface area contributed by atoms with E-state index < -0.39 is 10.0 Å². The number of fused-ring (bicyclic) bond motifs is 2. The molecule has 5 nitrogen and oxygen atoms in total. The van der Waals surface area contributed by atoms with Crippen LogP contribution in [-0.4, -0.2) is 37.8 Å². The predicted octanol–water partition coefficient (Wildman–Crippen LogP) is 2.84. The Bertz CT molecular complexity index is 799. The van der Waals surface area contributed by atoms with Crippen molar-refractivity contribution in [2.24, 2.45) is 17.8 Å². The second kappa shape index (κ2) is 7.55. The molecule has 1 N–H and O–H groups in total. The van der Waals surface area contributed by atoms with Crippen LogP contribution in [0.5, 0.6) is 0 Å². The zero-order valence-electron chi connectivity index (χ0n) is 16.1. The largest absolute Gasteiger partial charge is 0.353 e. The highest BCUT2D eigenvalue weighted by Crippen LogP contribution is 2.44. The van der Waals surface area contributed by atoms with Crippen molar-refractivity contribution >= 4 is 15.9 Å². The van der Waals surface area contributed by atoms with Crippen molar-refractivity contribution in [2.75, 3.05) is 13.1 Å². The van der Waals surface area contributed by atoms with Crippen LogP contribution in [0.3, 0.4) is 0 Å². The third-order valence-electron chi connectivity index (χ3n) is 6.88. The van der Waals surface area contributed by atoms with Gasteiger partial charge in [-0.1, -0.05) is 30.7 Å². The number of carbonyl (C=O) groups excluding carboxylic acids is 1. The maximum absolute atomic E-state index is 12.8. The normalized spacial score (nSPS) is 29.1. The smallest absolute Gasteiger partial charge is 0.223 e. The number of carbonyl (C=O) groups is 1. The van der Waals surface area contributed by atoms with E-state index in [1.807, 2.05) is 31.2 Å². The molecule has 1 aromatic carbocycles. The highest BCUT2D eigenvalue weighted by Gasteiger charge is 2.41. The molecule has 0 aromatic heterocycles. The molecule has 2 bridgehead atoms. The minimum Gasteiger partial charge on any atom is -0.353 e. The first-order chi connectivity index (χ1) is 12.9. The molecular formula is C21H30N2O3S. The number of hydrogen-bond donors (Lipinski definition) is 1. The van der Waals surface area contributed by atoms with Gasteiger partial charge in [0.25, 0.3) is 0 Å². The minimum atomic E-state index is -3.34. The van der Waals surface area contributed by atoms with Crippen LogP contribution in [0, 0.1) is 24.7 Å². The van der Waals surface area contributed by atoms with E-state index in [-0.39, 0.29) is 17.6 Å². The van der Waals surface area contributed by atoms with E-state index in [2.05, 4.69) is 5.32 Å². The number of sulfonamides is 1. The van der Waals surface area contributed by atoms with Gasteiger partial charge in [0.05, 0.1) is 5.75 Å². The molecule has 3 aliphatic rings. The molecule has 2 aliphatic carbocycles. The zero-order valence-corrected chi connectivity index (χ0v) is 16.9. The molecule has 3 fully saturated rings. The molecule has 6 heteroatoms. The van der Waals surface area contributed by atoms with Crippen LogP contribution < -0.4 is 5.32 Å². The summed E-state index contributed by atoms with van der Waals surface area (Å²) in [5.41, 5.74) is 1.86. The van der Waals surface area contributed by atoms with Gasteiger partial charge in [-0.25, -0.2) is 12.7 Å². The average Bonchev–Trinajstić information content (AvgIpc) is 3.27. The Hall–Kier alpha value is -1.40. The van der Waals surface area contributed by atoms with E-state index in [4.69, 9.17) is 0 Å². The van der Waals surface area contributed by atoms with E-state index in [0.717, 1.165) is 23.5 Å². The average molecular weight is 391 g/mol. The molecule has 1 aliphatic heterocycles. The molecule has 3 atom stereocenters. The quantitative estimate of drug-likeness (QED) is 0.841. The van der Waals surface area contributed by atoms with Gasteiger partial charge in [0.1, 0.15) is 0 Å². The molecule has 0 radical (unpaired) electrons. The molecule has 1 amide bonds. The second-order valence-electron chi connectivity index (χ2n) is 8.65. The molecule has 148 valence electrons. The van der Waals surface area contributed by atoms with Crippen LogP contribution in [-0.2, 0) is 20.6 Å². The SMILES string of the molecule is Cc1ccccc1CS(=O)(=O)N1CCC(C(=O)N[C@H]2C[C@@H]3CC[C@@H]2C3)CC1. The summed E-state index contributed by atoms with van der Waals surface area (Å²) in [7, 11) is -3.34. The van der Waals surface area contributed by atoms with Crippen LogP contribution in [0.2, 0.25) is 0 Å². The van der Waals surface area contributed by atoms with Crippen molar-refractivity contribution in [2.45, 2.75) is 57.2 Å². The van der Waals surface area contributed by atoms with E-state index in [0.29, 0.717) is 37.9 Å². The van der Waals surface area contributed by atoms with Gasteiger partial charge in [-0.05, 0) is 62.0 Å². The first-order valence-electron chi connectivity index (χ1n) is 10.2. The van der Waals surface area contributed by atoms with Crippen LogP contribution >= 0.6 is 0 Å². The molecule has 27 heavy (non-hydrogen) atoms. The summed E-state index contributed by atoms with van der Waals surface area (Å²) in [5, 5.41) is 3.27. The topological polar surface area (TPSA) is 66.5 Å². The Morgan fingerprint density at radius 2 is 1.85 bits per heavy atom. The van der Waals surface area contributed by atoms with Crippen molar-refractivity contribution in [1.29, 1.82) is 0 Å². The predicted molar refractivity (Wildman–Crippen MR) is 105 cm³/mol. The monoisotopic (exact) mass is 390 g/mol. The van der Waals surface area contributed by atoms with Gasteiger partial charge >= 0.3 is 0 Å². The van der Waals surface area contributed by atoms with Crippen molar-refractivity contribution in [3.05, 3.63) is 35.4 Å². The van der Waals surface area contributed by atoms with Crippen LogP contribution in [0.4, 0.5) is 0 Å². The van der Waals surface area contributed by atoms with Crippen molar-refractivity contribution in [3.8, 4) is 0 Å². The van der Waals surface area contributed by atoms with Gasteiger partial charge < -0.3 is 5.32 Å². The Balaban J connectivity index is 1.30. The molecule has 1 aromatic rings. The fraction of sp³-hybridized carbons (Fsp3) is 0.667. The number of aryl methyl sites for hydroxylation is 1. The zero-order chi connectivity index (χ0) is 19.0. The molecular weight excluding hydrogens is 360 g/mol. The number of nitrogens with zero attached hydrogens (tertiary/aromatic N) is 1. The fourth-order valence-electron chi connectivity index (χ4n) is 5.18. The Kier molecular flexibility index (Phi) is 5.30. The van der Waals surface area contributed by atoms with Crippen LogP contribution in [0.15, 0.2) is 24.3 Å². The van der Waals surface area contributed by atoms with Crippen molar-refractivity contribution in [3.63, 3.8) is 0 Å². The van der Waals surface area contributed by atoms with Gasteiger partial charge in [-0.3, -0.25) is 4.79 Å². The standard InChI is InChI=1S/C21H30N2O3S/c1-15-4-2-3-5-19(15)14-27(25,26)23-10-8-17(9-11-23)21(24)22-20-13-16-6-7-18(20)12-16/h2-5,16-18,20H,6-14H2,1H3,(H,22,24)/t16-,18-,20+/m1/s1. The summed E-state index contributed by atoms with van der Waals surface area (Å²) >= 11 is 0. The fourth-order valence-corrected chi connectivity index (χ4v) is 6.84. The van der Waals surface area contributed by atoms with Crippen LogP contribution in [0.25, 0.3) is 0 Å². The first kappa shape index (κ1) is 18.9. The van der Waals surface area contributed by atoms with E-state index in [1.54, 1.807) is 4.31 Å².